The summed E-state index contributed by atoms with van der Waals surface area (Å²) in [6, 6.07) is 15.5. The number of carbonyl (C=O) groups excluding carboxylic acids is 1. The van der Waals surface area contributed by atoms with Gasteiger partial charge in [-0.05, 0) is 48.7 Å². The normalized spacial score (nSPS) is 11.2. The number of unbranched alkanes of at least 4 members (excludes halogenated alkanes) is 14. The van der Waals surface area contributed by atoms with Crippen LogP contribution < -0.4 is 9.47 Å². The summed E-state index contributed by atoms with van der Waals surface area (Å²) >= 11 is 0. The molecule has 2 aromatic carbocycles. The zero-order chi connectivity index (χ0) is 27.1. The molecule has 210 valence electrons. The van der Waals surface area contributed by atoms with E-state index in [1.54, 1.807) is 6.08 Å². The van der Waals surface area contributed by atoms with Crippen LogP contribution in [-0.4, -0.2) is 19.0 Å². The molecule has 3 heteroatoms. The number of benzene rings is 2. The lowest BCUT2D eigenvalue weighted by molar-refractivity contribution is 0.104. The lowest BCUT2D eigenvalue weighted by atomic mass is 10.1. The molecule has 0 saturated carbocycles. The van der Waals surface area contributed by atoms with Crippen LogP contribution in [0.25, 0.3) is 6.08 Å². The molecular formula is C35H52O3. The lowest BCUT2D eigenvalue weighted by Crippen LogP contribution is -2.00. The van der Waals surface area contributed by atoms with Crippen LogP contribution in [-0.2, 0) is 0 Å². The largest absolute Gasteiger partial charge is 0.494 e. The third-order valence-electron chi connectivity index (χ3n) is 6.96. The summed E-state index contributed by atoms with van der Waals surface area (Å²) in [5.74, 6) is 1.64. The Balaban J connectivity index is 1.64. The smallest absolute Gasteiger partial charge is 0.185 e. The van der Waals surface area contributed by atoms with Gasteiger partial charge in [0, 0.05) is 5.56 Å². The number of ketones is 1. The molecule has 0 spiro atoms. The molecule has 2 rings (SSSR count). The van der Waals surface area contributed by atoms with Gasteiger partial charge in [-0.1, -0.05) is 134 Å². The van der Waals surface area contributed by atoms with Crippen molar-refractivity contribution in [2.24, 2.45) is 0 Å². The van der Waals surface area contributed by atoms with E-state index in [1.165, 1.54) is 89.9 Å². The van der Waals surface area contributed by atoms with Gasteiger partial charge in [0.1, 0.15) is 11.5 Å². The third-order valence-corrected chi connectivity index (χ3v) is 6.96. The Hall–Kier alpha value is -2.55. The molecule has 0 atom stereocenters. The van der Waals surface area contributed by atoms with E-state index in [1.807, 2.05) is 54.6 Å². The van der Waals surface area contributed by atoms with Gasteiger partial charge in [0.15, 0.2) is 5.78 Å². The molecule has 0 unspecified atom stereocenters. The van der Waals surface area contributed by atoms with E-state index < -0.39 is 0 Å². The summed E-state index contributed by atoms with van der Waals surface area (Å²) in [5, 5.41) is 0. The second-order valence-electron chi connectivity index (χ2n) is 10.4. The van der Waals surface area contributed by atoms with Gasteiger partial charge in [-0.3, -0.25) is 4.79 Å². The standard InChI is InChI=1S/C35H52O3/c1-3-5-7-9-11-13-15-17-28-37-33-25-22-31(23-26-33)24-27-35(36)32-20-19-21-34(30-32)38-29-18-16-14-12-10-8-6-4-2/h19-27,30H,3-18,28-29H2,1-2H3/b27-24+. The minimum absolute atomic E-state index is 0.0162. The number of ether oxygens (including phenoxy) is 2. The molecule has 2 aromatic rings. The van der Waals surface area contributed by atoms with Crippen molar-refractivity contribution in [1.29, 1.82) is 0 Å². The Morgan fingerprint density at radius 2 is 1.11 bits per heavy atom. The average Bonchev–Trinajstić information content (AvgIpc) is 2.95. The predicted octanol–water partition coefficient (Wildman–Crippen LogP) is 10.6. The summed E-state index contributed by atoms with van der Waals surface area (Å²) in [4.78, 5) is 12.7. The molecular weight excluding hydrogens is 468 g/mol. The Morgan fingerprint density at radius 1 is 0.605 bits per heavy atom. The first-order valence-corrected chi connectivity index (χ1v) is 15.4. The van der Waals surface area contributed by atoms with Gasteiger partial charge >= 0.3 is 0 Å². The molecule has 0 aliphatic rings. The topological polar surface area (TPSA) is 35.5 Å². The maximum absolute atomic E-state index is 12.7. The quantitative estimate of drug-likeness (QED) is 0.0830. The van der Waals surface area contributed by atoms with Crippen molar-refractivity contribution < 1.29 is 14.3 Å². The first-order chi connectivity index (χ1) is 18.7. The van der Waals surface area contributed by atoms with Crippen LogP contribution in [0.5, 0.6) is 11.5 Å². The Kier molecular flexibility index (Phi) is 17.8. The maximum atomic E-state index is 12.7. The fourth-order valence-electron chi connectivity index (χ4n) is 4.53. The average molecular weight is 521 g/mol. The number of hydrogen-bond acceptors (Lipinski definition) is 3. The molecule has 0 aliphatic carbocycles. The first kappa shape index (κ1) is 31.7. The number of carbonyl (C=O) groups is 1. The second-order valence-corrected chi connectivity index (χ2v) is 10.4. The number of hydrogen-bond donors (Lipinski definition) is 0. The predicted molar refractivity (Wildman–Crippen MR) is 162 cm³/mol. The van der Waals surface area contributed by atoms with E-state index in [0.29, 0.717) is 12.2 Å². The monoisotopic (exact) mass is 520 g/mol. The molecule has 0 radical (unpaired) electrons. The summed E-state index contributed by atoms with van der Waals surface area (Å²) in [6.07, 6.45) is 24.1. The zero-order valence-electron chi connectivity index (χ0n) is 24.2. The van der Waals surface area contributed by atoms with Crippen LogP contribution in [0, 0.1) is 0 Å². The maximum Gasteiger partial charge on any atom is 0.185 e. The van der Waals surface area contributed by atoms with Gasteiger partial charge in [-0.2, -0.15) is 0 Å². The van der Waals surface area contributed by atoms with Crippen molar-refractivity contribution >= 4 is 11.9 Å². The zero-order valence-corrected chi connectivity index (χ0v) is 24.2. The van der Waals surface area contributed by atoms with Crippen molar-refractivity contribution in [3.63, 3.8) is 0 Å². The fraction of sp³-hybridized carbons (Fsp3) is 0.571. The van der Waals surface area contributed by atoms with Crippen LogP contribution in [0.2, 0.25) is 0 Å². The van der Waals surface area contributed by atoms with Crippen molar-refractivity contribution in [1.82, 2.24) is 0 Å². The van der Waals surface area contributed by atoms with Gasteiger partial charge in [0.25, 0.3) is 0 Å². The molecule has 0 saturated heterocycles. The number of rotatable bonds is 23. The van der Waals surface area contributed by atoms with Gasteiger partial charge in [-0.15, -0.1) is 0 Å². The molecule has 0 aromatic heterocycles. The number of allylic oxidation sites excluding steroid dienone is 1. The molecule has 38 heavy (non-hydrogen) atoms. The van der Waals surface area contributed by atoms with Gasteiger partial charge in [-0.25, -0.2) is 0 Å². The minimum atomic E-state index is -0.0162. The Labute approximate surface area is 233 Å². The van der Waals surface area contributed by atoms with Crippen LogP contribution in [0.1, 0.15) is 133 Å². The van der Waals surface area contributed by atoms with E-state index in [9.17, 15) is 4.79 Å². The van der Waals surface area contributed by atoms with Crippen LogP contribution in [0.3, 0.4) is 0 Å². The van der Waals surface area contributed by atoms with E-state index in [4.69, 9.17) is 9.47 Å². The van der Waals surface area contributed by atoms with Crippen molar-refractivity contribution in [3.8, 4) is 11.5 Å². The second kappa shape index (κ2) is 21.4. The highest BCUT2D eigenvalue weighted by Gasteiger charge is 2.04. The molecule has 0 aliphatic heterocycles. The van der Waals surface area contributed by atoms with E-state index in [0.717, 1.165) is 36.5 Å². The van der Waals surface area contributed by atoms with Crippen molar-refractivity contribution in [3.05, 3.63) is 65.7 Å². The molecule has 3 nitrogen and oxygen atoms in total. The van der Waals surface area contributed by atoms with Gasteiger partial charge < -0.3 is 9.47 Å². The summed E-state index contributed by atoms with van der Waals surface area (Å²) in [7, 11) is 0. The van der Waals surface area contributed by atoms with Crippen molar-refractivity contribution in [2.45, 2.75) is 117 Å². The Morgan fingerprint density at radius 3 is 1.66 bits per heavy atom. The lowest BCUT2D eigenvalue weighted by Gasteiger charge is -2.07. The molecule has 0 amide bonds. The van der Waals surface area contributed by atoms with E-state index >= 15 is 0 Å². The Bertz CT molecular complexity index is 884. The van der Waals surface area contributed by atoms with E-state index in [2.05, 4.69) is 13.8 Å². The highest BCUT2D eigenvalue weighted by atomic mass is 16.5. The minimum Gasteiger partial charge on any atom is -0.494 e. The SMILES string of the molecule is CCCCCCCCCCOc1ccc(/C=C/C(=O)c2cccc(OCCCCCCCCCC)c2)cc1. The summed E-state index contributed by atoms with van der Waals surface area (Å²) in [6.45, 7) is 5.98. The fourth-order valence-corrected chi connectivity index (χ4v) is 4.53. The van der Waals surface area contributed by atoms with Crippen LogP contribution in [0.15, 0.2) is 54.6 Å². The third kappa shape index (κ3) is 15.0. The highest BCUT2D eigenvalue weighted by molar-refractivity contribution is 6.07. The molecule has 0 heterocycles. The van der Waals surface area contributed by atoms with E-state index in [-0.39, 0.29) is 5.78 Å². The highest BCUT2D eigenvalue weighted by Crippen LogP contribution is 2.18. The van der Waals surface area contributed by atoms with Gasteiger partial charge in [0.05, 0.1) is 13.2 Å². The summed E-state index contributed by atoms with van der Waals surface area (Å²) < 4.78 is 11.8. The van der Waals surface area contributed by atoms with Crippen molar-refractivity contribution in [2.75, 3.05) is 13.2 Å². The van der Waals surface area contributed by atoms with Crippen LogP contribution >= 0.6 is 0 Å². The molecule has 0 bridgehead atoms. The first-order valence-electron chi connectivity index (χ1n) is 15.4. The molecule has 0 fully saturated rings. The molecule has 0 N–H and O–H groups in total. The van der Waals surface area contributed by atoms with Gasteiger partial charge in [0.2, 0.25) is 0 Å². The van der Waals surface area contributed by atoms with Crippen LogP contribution in [0.4, 0.5) is 0 Å². The summed E-state index contributed by atoms with van der Waals surface area (Å²) in [5.41, 5.74) is 1.64.